The van der Waals surface area contributed by atoms with Gasteiger partial charge in [-0.2, -0.15) is 4.98 Å². The van der Waals surface area contributed by atoms with Crippen molar-refractivity contribution in [2.45, 2.75) is 102 Å². The van der Waals surface area contributed by atoms with Gasteiger partial charge in [-0.05, 0) is 37.7 Å². The lowest BCUT2D eigenvalue weighted by Gasteiger charge is -2.23. The Morgan fingerprint density at radius 1 is 0.966 bits per heavy atom. The molecule has 1 aromatic heterocycles. The van der Waals surface area contributed by atoms with Crippen molar-refractivity contribution in [1.29, 1.82) is 0 Å². The largest absolute Gasteiger partial charge is 0.339 e. The van der Waals surface area contributed by atoms with Gasteiger partial charge in [-0.25, -0.2) is 0 Å². The number of aromatic nitrogens is 2. The number of hydrogen-bond acceptors (Lipinski definition) is 4. The van der Waals surface area contributed by atoms with E-state index in [1.165, 1.54) is 56.9 Å². The fourth-order valence-corrected chi connectivity index (χ4v) is 4.25. The van der Waals surface area contributed by atoms with E-state index in [2.05, 4.69) is 41.3 Å². The molecular formula is C24H38ClN3O. The van der Waals surface area contributed by atoms with Crippen LogP contribution in [0.1, 0.15) is 101 Å². The fourth-order valence-electron chi connectivity index (χ4n) is 4.25. The molecule has 29 heavy (non-hydrogen) atoms. The summed E-state index contributed by atoms with van der Waals surface area (Å²) in [5.74, 6) is 1.78. The second-order valence-electron chi connectivity index (χ2n) is 8.50. The summed E-state index contributed by atoms with van der Waals surface area (Å²) in [6, 6.07) is 8.94. The molecule has 4 nitrogen and oxygen atoms in total. The van der Waals surface area contributed by atoms with E-state index in [0.29, 0.717) is 11.7 Å². The van der Waals surface area contributed by atoms with Crippen LogP contribution in [-0.4, -0.2) is 16.2 Å². The molecule has 0 bridgehead atoms. The molecule has 0 saturated heterocycles. The van der Waals surface area contributed by atoms with Crippen molar-refractivity contribution in [3.63, 3.8) is 0 Å². The lowest BCUT2D eigenvalue weighted by Crippen LogP contribution is -2.26. The number of halogens is 1. The molecule has 1 saturated carbocycles. The van der Waals surface area contributed by atoms with E-state index in [1.807, 2.05) is 0 Å². The molecule has 2 atom stereocenters. The van der Waals surface area contributed by atoms with E-state index in [0.717, 1.165) is 43.6 Å². The maximum Gasteiger partial charge on any atom is 0.230 e. The average molecular weight is 420 g/mol. The van der Waals surface area contributed by atoms with Crippen LogP contribution >= 0.6 is 12.4 Å². The summed E-state index contributed by atoms with van der Waals surface area (Å²) in [6.45, 7) is 2.27. The lowest BCUT2D eigenvalue weighted by molar-refractivity contribution is 0.299. The van der Waals surface area contributed by atoms with Gasteiger partial charge in [0.2, 0.25) is 11.7 Å². The zero-order valence-corrected chi connectivity index (χ0v) is 18.8. The Labute approximate surface area is 182 Å². The van der Waals surface area contributed by atoms with Crippen LogP contribution in [0.4, 0.5) is 0 Å². The van der Waals surface area contributed by atoms with Crippen LogP contribution in [0.25, 0.3) is 11.4 Å². The molecule has 5 heteroatoms. The third kappa shape index (κ3) is 7.75. The SMILES string of the molecule is CCCCCCCCCCc1ccc(-c2noc([C@H]3CCC[C@@H](N)C3)n2)cc1.Cl. The van der Waals surface area contributed by atoms with Gasteiger partial charge in [0, 0.05) is 17.5 Å². The topological polar surface area (TPSA) is 64.9 Å². The Hall–Kier alpha value is -1.39. The zero-order valence-electron chi connectivity index (χ0n) is 17.9. The smallest absolute Gasteiger partial charge is 0.230 e. The summed E-state index contributed by atoms with van der Waals surface area (Å²) in [5, 5.41) is 4.21. The molecule has 0 spiro atoms. The van der Waals surface area contributed by atoms with Gasteiger partial charge in [0.25, 0.3) is 0 Å². The van der Waals surface area contributed by atoms with E-state index in [-0.39, 0.29) is 18.4 Å². The molecule has 0 aliphatic heterocycles. The normalized spacial score (nSPS) is 19.1. The van der Waals surface area contributed by atoms with Crippen molar-refractivity contribution < 1.29 is 4.52 Å². The summed E-state index contributed by atoms with van der Waals surface area (Å²) >= 11 is 0. The molecule has 0 unspecified atom stereocenters. The molecule has 3 rings (SSSR count). The first kappa shape index (κ1) is 23.9. The van der Waals surface area contributed by atoms with Gasteiger partial charge in [0.05, 0.1) is 0 Å². The second-order valence-corrected chi connectivity index (χ2v) is 8.50. The number of rotatable bonds is 11. The summed E-state index contributed by atoms with van der Waals surface area (Å²) < 4.78 is 5.55. The van der Waals surface area contributed by atoms with E-state index < -0.39 is 0 Å². The quantitative estimate of drug-likeness (QED) is 0.405. The highest BCUT2D eigenvalue weighted by Crippen LogP contribution is 2.32. The molecule has 1 heterocycles. The Bertz CT molecular complexity index is 686. The first-order valence-corrected chi connectivity index (χ1v) is 11.4. The van der Waals surface area contributed by atoms with Gasteiger partial charge in [-0.1, -0.05) is 87.7 Å². The molecule has 1 aliphatic rings. The van der Waals surface area contributed by atoms with Crippen LogP contribution in [0, 0.1) is 0 Å². The van der Waals surface area contributed by atoms with Crippen molar-refractivity contribution >= 4 is 12.4 Å². The minimum absolute atomic E-state index is 0. The number of unbranched alkanes of at least 4 members (excludes halogenated alkanes) is 7. The zero-order chi connectivity index (χ0) is 19.6. The standard InChI is InChI=1S/C24H37N3O.ClH/c1-2-3-4-5-6-7-8-9-11-19-14-16-20(17-15-19)23-26-24(28-27-23)21-12-10-13-22(25)18-21;/h14-17,21-22H,2-13,18,25H2,1H3;1H/t21-,22+;/m0./s1. The summed E-state index contributed by atoms with van der Waals surface area (Å²) in [7, 11) is 0. The minimum atomic E-state index is 0. The minimum Gasteiger partial charge on any atom is -0.339 e. The van der Waals surface area contributed by atoms with Crippen LogP contribution in [0.2, 0.25) is 0 Å². The number of nitrogens with two attached hydrogens (primary N) is 1. The summed E-state index contributed by atoms with van der Waals surface area (Å²) in [6.07, 6.45) is 16.4. The van der Waals surface area contributed by atoms with Gasteiger partial charge in [-0.15, -0.1) is 12.4 Å². The first-order valence-electron chi connectivity index (χ1n) is 11.4. The molecule has 0 radical (unpaired) electrons. The number of hydrogen-bond donors (Lipinski definition) is 1. The van der Waals surface area contributed by atoms with E-state index >= 15 is 0 Å². The second kappa shape index (κ2) is 13.0. The molecule has 2 aromatic rings. The van der Waals surface area contributed by atoms with Crippen LogP contribution in [0.5, 0.6) is 0 Å². The molecule has 1 aliphatic carbocycles. The molecule has 162 valence electrons. The van der Waals surface area contributed by atoms with Crippen LogP contribution in [-0.2, 0) is 6.42 Å². The lowest BCUT2D eigenvalue weighted by atomic mass is 9.86. The molecular weight excluding hydrogens is 382 g/mol. The van der Waals surface area contributed by atoms with Crippen LogP contribution < -0.4 is 5.73 Å². The predicted molar refractivity (Wildman–Crippen MR) is 122 cm³/mol. The van der Waals surface area contributed by atoms with Gasteiger partial charge >= 0.3 is 0 Å². The predicted octanol–water partition coefficient (Wildman–Crippen LogP) is 6.83. The Morgan fingerprint density at radius 2 is 1.66 bits per heavy atom. The van der Waals surface area contributed by atoms with Gasteiger partial charge in [-0.3, -0.25) is 0 Å². The third-order valence-corrected chi connectivity index (χ3v) is 6.04. The monoisotopic (exact) mass is 419 g/mol. The van der Waals surface area contributed by atoms with Crippen molar-refractivity contribution in [3.05, 3.63) is 35.7 Å². The molecule has 1 aromatic carbocycles. The number of nitrogens with zero attached hydrogens (tertiary/aromatic N) is 2. The van der Waals surface area contributed by atoms with E-state index in [9.17, 15) is 0 Å². The Balaban J connectivity index is 0.00000300. The van der Waals surface area contributed by atoms with Crippen molar-refractivity contribution in [2.75, 3.05) is 0 Å². The number of benzene rings is 1. The highest BCUT2D eigenvalue weighted by atomic mass is 35.5. The van der Waals surface area contributed by atoms with Crippen molar-refractivity contribution in [2.24, 2.45) is 5.73 Å². The van der Waals surface area contributed by atoms with Crippen LogP contribution in [0.15, 0.2) is 28.8 Å². The van der Waals surface area contributed by atoms with E-state index in [1.54, 1.807) is 0 Å². The molecule has 1 fully saturated rings. The average Bonchev–Trinajstić information content (AvgIpc) is 3.21. The molecule has 0 amide bonds. The Kier molecular flexibility index (Phi) is 10.7. The first-order chi connectivity index (χ1) is 13.8. The highest BCUT2D eigenvalue weighted by molar-refractivity contribution is 5.85. The third-order valence-electron chi connectivity index (χ3n) is 6.04. The number of aryl methyl sites for hydroxylation is 1. The maximum atomic E-state index is 6.09. The van der Waals surface area contributed by atoms with Crippen molar-refractivity contribution in [1.82, 2.24) is 10.1 Å². The molecule has 2 N–H and O–H groups in total. The van der Waals surface area contributed by atoms with Crippen molar-refractivity contribution in [3.8, 4) is 11.4 Å². The highest BCUT2D eigenvalue weighted by Gasteiger charge is 2.25. The van der Waals surface area contributed by atoms with Crippen LogP contribution in [0.3, 0.4) is 0 Å². The fraction of sp³-hybridized carbons (Fsp3) is 0.667. The van der Waals surface area contributed by atoms with Gasteiger partial charge < -0.3 is 10.3 Å². The van der Waals surface area contributed by atoms with Gasteiger partial charge in [0.1, 0.15) is 0 Å². The Morgan fingerprint density at radius 3 is 2.34 bits per heavy atom. The van der Waals surface area contributed by atoms with E-state index in [4.69, 9.17) is 10.3 Å². The van der Waals surface area contributed by atoms with Gasteiger partial charge in [0.15, 0.2) is 0 Å². The maximum absolute atomic E-state index is 6.09. The summed E-state index contributed by atoms with van der Waals surface area (Å²) in [5.41, 5.74) is 8.53. The summed E-state index contributed by atoms with van der Waals surface area (Å²) in [4.78, 5) is 4.65.